The average Bonchev–Trinajstić information content (AvgIpc) is 2.60. The molecule has 1 saturated heterocycles. The number of hydrogen-bond acceptors (Lipinski definition) is 2. The van der Waals surface area contributed by atoms with Gasteiger partial charge in [0.05, 0.1) is 0 Å². The zero-order valence-electron chi connectivity index (χ0n) is 14.3. The van der Waals surface area contributed by atoms with Crippen molar-refractivity contribution < 1.29 is 9.59 Å². The van der Waals surface area contributed by atoms with Crippen LogP contribution in [0.4, 0.5) is 5.69 Å². The third-order valence-corrected chi connectivity index (χ3v) is 4.74. The Bertz CT molecular complexity index is 770. The molecule has 1 aliphatic heterocycles. The fraction of sp³-hybridized carbons (Fsp3) is 0.300. The molecule has 1 atom stereocenters. The Balaban J connectivity index is 1.81. The van der Waals surface area contributed by atoms with Gasteiger partial charge in [0, 0.05) is 24.3 Å². The Morgan fingerprint density at radius 3 is 2.38 bits per heavy atom. The van der Waals surface area contributed by atoms with E-state index in [1.807, 2.05) is 43.3 Å². The van der Waals surface area contributed by atoms with Gasteiger partial charge in [-0.3, -0.25) is 9.59 Å². The van der Waals surface area contributed by atoms with E-state index < -0.39 is 6.04 Å². The molecule has 3 rings (SSSR count). The molecule has 2 aromatic carbocycles. The molecule has 1 fully saturated rings. The quantitative estimate of drug-likeness (QED) is 0.852. The van der Waals surface area contributed by atoms with Gasteiger partial charge in [0.1, 0.15) is 6.04 Å². The number of carbonyl (C=O) groups is 2. The fourth-order valence-corrected chi connectivity index (χ4v) is 3.04. The van der Waals surface area contributed by atoms with E-state index in [1.54, 1.807) is 28.9 Å². The Morgan fingerprint density at radius 2 is 1.71 bits per heavy atom. The van der Waals surface area contributed by atoms with E-state index in [9.17, 15) is 9.59 Å². The molecule has 124 valence electrons. The third kappa shape index (κ3) is 2.92. The lowest BCUT2D eigenvalue weighted by Gasteiger charge is -2.39. The summed E-state index contributed by atoms with van der Waals surface area (Å²) in [5.74, 6) is -0.120. The van der Waals surface area contributed by atoms with Crippen LogP contribution in [0.15, 0.2) is 48.5 Å². The maximum absolute atomic E-state index is 12.8. The second kappa shape index (κ2) is 6.48. The van der Waals surface area contributed by atoms with E-state index in [0.717, 1.165) is 11.3 Å². The molecule has 1 aliphatic rings. The van der Waals surface area contributed by atoms with E-state index >= 15 is 0 Å². The minimum atomic E-state index is -0.465. The zero-order chi connectivity index (χ0) is 17.3. The zero-order valence-corrected chi connectivity index (χ0v) is 14.3. The summed E-state index contributed by atoms with van der Waals surface area (Å²) >= 11 is 0. The molecule has 2 amide bonds. The van der Waals surface area contributed by atoms with Crippen LogP contribution in [0.3, 0.4) is 0 Å². The van der Waals surface area contributed by atoms with Gasteiger partial charge in [-0.15, -0.1) is 0 Å². The number of nitrogens with zero attached hydrogens (tertiary/aromatic N) is 2. The highest BCUT2D eigenvalue weighted by molar-refractivity contribution is 6.03. The van der Waals surface area contributed by atoms with Crippen LogP contribution in [0.5, 0.6) is 0 Å². The topological polar surface area (TPSA) is 40.6 Å². The SMILES string of the molecule is Cc1ccc(N2CCN(C(=O)c3ccccc3)C(C)C2=O)cc1C. The molecule has 0 aliphatic carbocycles. The highest BCUT2D eigenvalue weighted by atomic mass is 16.2. The summed E-state index contributed by atoms with van der Waals surface area (Å²) in [5, 5.41) is 0. The summed E-state index contributed by atoms with van der Waals surface area (Å²) in [6.07, 6.45) is 0. The van der Waals surface area contributed by atoms with Gasteiger partial charge in [-0.25, -0.2) is 0 Å². The normalized spacial score (nSPS) is 18.0. The van der Waals surface area contributed by atoms with E-state index in [-0.39, 0.29) is 11.8 Å². The van der Waals surface area contributed by atoms with Crippen molar-refractivity contribution in [3.8, 4) is 0 Å². The lowest BCUT2D eigenvalue weighted by molar-refractivity contribution is -0.124. The molecule has 24 heavy (non-hydrogen) atoms. The van der Waals surface area contributed by atoms with Gasteiger partial charge in [-0.2, -0.15) is 0 Å². The first-order valence-electron chi connectivity index (χ1n) is 8.23. The van der Waals surface area contributed by atoms with Gasteiger partial charge in [0.15, 0.2) is 0 Å². The van der Waals surface area contributed by atoms with Crippen LogP contribution in [-0.2, 0) is 4.79 Å². The number of aryl methyl sites for hydroxylation is 2. The van der Waals surface area contributed by atoms with Crippen LogP contribution in [0.2, 0.25) is 0 Å². The third-order valence-electron chi connectivity index (χ3n) is 4.74. The highest BCUT2D eigenvalue weighted by Crippen LogP contribution is 2.24. The fourth-order valence-electron chi connectivity index (χ4n) is 3.04. The Labute approximate surface area is 142 Å². The molecule has 2 aromatic rings. The van der Waals surface area contributed by atoms with E-state index in [0.29, 0.717) is 18.7 Å². The molecule has 1 unspecified atom stereocenters. The minimum absolute atomic E-state index is 0.0335. The number of amides is 2. The first kappa shape index (κ1) is 16.2. The van der Waals surface area contributed by atoms with Crippen molar-refractivity contribution in [1.29, 1.82) is 0 Å². The van der Waals surface area contributed by atoms with Crippen LogP contribution < -0.4 is 4.90 Å². The van der Waals surface area contributed by atoms with Gasteiger partial charge >= 0.3 is 0 Å². The summed E-state index contributed by atoms with van der Waals surface area (Å²) < 4.78 is 0. The maximum atomic E-state index is 12.8. The predicted octanol–water partition coefficient (Wildman–Crippen LogP) is 3.18. The van der Waals surface area contributed by atoms with Gasteiger partial charge < -0.3 is 9.80 Å². The van der Waals surface area contributed by atoms with Crippen molar-refractivity contribution >= 4 is 17.5 Å². The standard InChI is InChI=1S/C20H22N2O2/c1-14-9-10-18(13-15(14)2)22-12-11-21(16(3)19(22)23)20(24)17-7-5-4-6-8-17/h4-10,13,16H,11-12H2,1-3H3. The number of anilines is 1. The summed E-state index contributed by atoms with van der Waals surface area (Å²) in [6.45, 7) is 6.95. The number of rotatable bonds is 2. The number of benzene rings is 2. The molecule has 0 aromatic heterocycles. The van der Waals surface area contributed by atoms with Gasteiger partial charge in [0.2, 0.25) is 5.91 Å². The van der Waals surface area contributed by atoms with Gasteiger partial charge in [0.25, 0.3) is 5.91 Å². The summed E-state index contributed by atoms with van der Waals surface area (Å²) in [4.78, 5) is 28.9. The molecule has 0 bridgehead atoms. The van der Waals surface area contributed by atoms with E-state index in [4.69, 9.17) is 0 Å². The van der Waals surface area contributed by atoms with Gasteiger partial charge in [-0.1, -0.05) is 24.3 Å². The second-order valence-corrected chi connectivity index (χ2v) is 6.30. The van der Waals surface area contributed by atoms with Crippen molar-refractivity contribution in [3.63, 3.8) is 0 Å². The largest absolute Gasteiger partial charge is 0.325 e. The van der Waals surface area contributed by atoms with Crippen molar-refractivity contribution in [1.82, 2.24) is 4.90 Å². The van der Waals surface area contributed by atoms with E-state index in [2.05, 4.69) is 6.92 Å². The van der Waals surface area contributed by atoms with Gasteiger partial charge in [-0.05, 0) is 56.2 Å². The van der Waals surface area contributed by atoms with Crippen molar-refractivity contribution in [2.75, 3.05) is 18.0 Å². The first-order chi connectivity index (χ1) is 11.5. The van der Waals surface area contributed by atoms with Crippen LogP contribution in [-0.4, -0.2) is 35.8 Å². The minimum Gasteiger partial charge on any atom is -0.325 e. The summed E-state index contributed by atoms with van der Waals surface area (Å²) in [6, 6.07) is 14.7. The van der Waals surface area contributed by atoms with Crippen LogP contribution in [0, 0.1) is 13.8 Å². The molecular weight excluding hydrogens is 300 g/mol. The lowest BCUT2D eigenvalue weighted by atomic mass is 10.1. The molecule has 0 spiro atoms. The lowest BCUT2D eigenvalue weighted by Crippen LogP contribution is -2.57. The van der Waals surface area contributed by atoms with E-state index in [1.165, 1.54) is 5.56 Å². The van der Waals surface area contributed by atoms with Crippen LogP contribution >= 0.6 is 0 Å². The maximum Gasteiger partial charge on any atom is 0.254 e. The smallest absolute Gasteiger partial charge is 0.254 e. The summed E-state index contributed by atoms with van der Waals surface area (Å²) in [5.41, 5.74) is 3.89. The van der Waals surface area contributed by atoms with Crippen molar-refractivity contribution in [2.24, 2.45) is 0 Å². The molecule has 4 heteroatoms. The Morgan fingerprint density at radius 1 is 1.00 bits per heavy atom. The first-order valence-corrected chi connectivity index (χ1v) is 8.23. The Kier molecular flexibility index (Phi) is 4.38. The highest BCUT2D eigenvalue weighted by Gasteiger charge is 2.35. The Hall–Kier alpha value is -2.62. The molecular formula is C20H22N2O2. The van der Waals surface area contributed by atoms with Crippen LogP contribution in [0.1, 0.15) is 28.4 Å². The van der Waals surface area contributed by atoms with Crippen molar-refractivity contribution in [3.05, 3.63) is 65.2 Å². The number of carbonyl (C=O) groups excluding carboxylic acids is 2. The molecule has 0 saturated carbocycles. The molecule has 1 heterocycles. The molecule has 0 N–H and O–H groups in total. The van der Waals surface area contributed by atoms with Crippen molar-refractivity contribution in [2.45, 2.75) is 26.8 Å². The van der Waals surface area contributed by atoms with Crippen LogP contribution in [0.25, 0.3) is 0 Å². The second-order valence-electron chi connectivity index (χ2n) is 6.30. The number of hydrogen-bond donors (Lipinski definition) is 0. The average molecular weight is 322 g/mol. The molecule has 4 nitrogen and oxygen atoms in total. The molecule has 0 radical (unpaired) electrons. The number of piperazine rings is 1. The monoisotopic (exact) mass is 322 g/mol. The predicted molar refractivity (Wildman–Crippen MR) is 95.2 cm³/mol. The summed E-state index contributed by atoms with van der Waals surface area (Å²) in [7, 11) is 0.